The Bertz CT molecular complexity index is 363. The average molecular weight is 299 g/mol. The Morgan fingerprint density at radius 3 is 2.53 bits per heavy atom. The zero-order valence-corrected chi connectivity index (χ0v) is 12.8. The third-order valence-corrected chi connectivity index (χ3v) is 3.72. The Morgan fingerprint density at radius 1 is 1.35 bits per heavy atom. The topological polar surface area (TPSA) is 29.3 Å². The van der Waals surface area contributed by atoms with Crippen molar-refractivity contribution >= 4 is 21.6 Å². The summed E-state index contributed by atoms with van der Waals surface area (Å²) in [7, 11) is 2.15. The van der Waals surface area contributed by atoms with Crippen LogP contribution in [0.25, 0.3) is 0 Å². The zero-order valence-electron chi connectivity index (χ0n) is 11.2. The lowest BCUT2D eigenvalue weighted by molar-refractivity contribution is 0.612. The highest BCUT2D eigenvalue weighted by Gasteiger charge is 2.15. The fourth-order valence-corrected chi connectivity index (χ4v) is 2.41. The molecule has 0 aliphatic rings. The van der Waals surface area contributed by atoms with Gasteiger partial charge in [-0.2, -0.15) is 0 Å². The van der Waals surface area contributed by atoms with Crippen LogP contribution in [0.3, 0.4) is 0 Å². The molecule has 1 aromatic rings. The van der Waals surface area contributed by atoms with Crippen molar-refractivity contribution in [2.75, 3.05) is 11.9 Å². The molecule has 0 saturated heterocycles. The van der Waals surface area contributed by atoms with E-state index >= 15 is 0 Å². The predicted octanol–water partition coefficient (Wildman–Crippen LogP) is 4.09. The Labute approximate surface area is 113 Å². The van der Waals surface area contributed by atoms with Crippen molar-refractivity contribution in [1.29, 1.82) is 0 Å². The van der Waals surface area contributed by atoms with Gasteiger partial charge in [-0.05, 0) is 38.0 Å². The molecule has 1 aromatic carbocycles. The van der Waals surface area contributed by atoms with E-state index in [0.717, 1.165) is 4.47 Å². The van der Waals surface area contributed by atoms with Crippen LogP contribution in [0.1, 0.15) is 45.2 Å². The summed E-state index contributed by atoms with van der Waals surface area (Å²) in [6, 6.07) is 6.92. The van der Waals surface area contributed by atoms with Crippen LogP contribution < -0.4 is 10.6 Å². The summed E-state index contributed by atoms with van der Waals surface area (Å²) in [5, 5.41) is 0. The van der Waals surface area contributed by atoms with Gasteiger partial charge >= 0.3 is 0 Å². The molecule has 0 aromatic heterocycles. The minimum Gasteiger partial charge on any atom is -0.372 e. The Kier molecular flexibility index (Phi) is 5.47. The second-order valence-corrected chi connectivity index (χ2v) is 5.66. The summed E-state index contributed by atoms with van der Waals surface area (Å²) in [6.45, 7) is 6.51. The number of hydrogen-bond donors (Lipinski definition) is 1. The monoisotopic (exact) mass is 298 g/mol. The van der Waals surface area contributed by atoms with Gasteiger partial charge in [0.15, 0.2) is 0 Å². The molecule has 2 atom stereocenters. The van der Waals surface area contributed by atoms with Gasteiger partial charge in [0.1, 0.15) is 0 Å². The Balaban J connectivity index is 3.05. The number of nitrogens with two attached hydrogens (primary N) is 1. The molecule has 2 nitrogen and oxygen atoms in total. The molecule has 0 radical (unpaired) electrons. The molecule has 0 heterocycles. The first-order valence-electron chi connectivity index (χ1n) is 6.25. The fraction of sp³-hybridized carbons (Fsp3) is 0.571. The number of hydrogen-bond acceptors (Lipinski definition) is 2. The van der Waals surface area contributed by atoms with Crippen molar-refractivity contribution < 1.29 is 0 Å². The fourth-order valence-electron chi connectivity index (χ4n) is 2.06. The lowest BCUT2D eigenvalue weighted by Gasteiger charge is -2.30. The lowest BCUT2D eigenvalue weighted by Crippen LogP contribution is -2.30. The number of nitrogens with zero attached hydrogens (tertiary/aromatic N) is 1. The SMILES string of the molecule is CCCC(C)N(C)c1cc(Br)ccc1C(C)N. The minimum atomic E-state index is 0.0642. The highest BCUT2D eigenvalue weighted by atomic mass is 79.9. The van der Waals surface area contributed by atoms with Gasteiger partial charge in [0.25, 0.3) is 0 Å². The normalized spacial score (nSPS) is 14.5. The standard InChI is InChI=1S/C14H23BrN2/c1-5-6-10(2)17(4)14-9-12(15)7-8-13(14)11(3)16/h7-11H,5-6,16H2,1-4H3. The molecule has 1 rings (SSSR count). The first kappa shape index (κ1) is 14.5. The maximum Gasteiger partial charge on any atom is 0.0425 e. The zero-order chi connectivity index (χ0) is 13.0. The molecule has 0 aliphatic heterocycles. The maximum atomic E-state index is 6.03. The van der Waals surface area contributed by atoms with E-state index < -0.39 is 0 Å². The van der Waals surface area contributed by atoms with Crippen LogP contribution >= 0.6 is 15.9 Å². The molecule has 2 N–H and O–H groups in total. The molecule has 0 fully saturated rings. The van der Waals surface area contributed by atoms with Gasteiger partial charge in [0.05, 0.1) is 0 Å². The first-order chi connectivity index (χ1) is 7.97. The average Bonchev–Trinajstić information content (AvgIpc) is 2.27. The third-order valence-electron chi connectivity index (χ3n) is 3.23. The van der Waals surface area contributed by atoms with E-state index in [9.17, 15) is 0 Å². The van der Waals surface area contributed by atoms with Crippen molar-refractivity contribution in [2.45, 2.75) is 45.7 Å². The molecule has 0 amide bonds. The quantitative estimate of drug-likeness (QED) is 0.887. The van der Waals surface area contributed by atoms with E-state index in [1.165, 1.54) is 24.1 Å². The van der Waals surface area contributed by atoms with E-state index in [2.05, 4.69) is 59.9 Å². The van der Waals surface area contributed by atoms with Crippen LogP contribution in [0.2, 0.25) is 0 Å². The predicted molar refractivity (Wildman–Crippen MR) is 79.5 cm³/mol. The van der Waals surface area contributed by atoms with Crippen LogP contribution in [-0.4, -0.2) is 13.1 Å². The van der Waals surface area contributed by atoms with Gasteiger partial charge in [-0.15, -0.1) is 0 Å². The van der Waals surface area contributed by atoms with E-state index in [4.69, 9.17) is 5.73 Å². The second kappa shape index (κ2) is 6.41. The summed E-state index contributed by atoms with van der Waals surface area (Å²) in [4.78, 5) is 2.33. The highest BCUT2D eigenvalue weighted by molar-refractivity contribution is 9.10. The third kappa shape index (κ3) is 3.71. The minimum absolute atomic E-state index is 0.0642. The number of benzene rings is 1. The smallest absolute Gasteiger partial charge is 0.0425 e. The summed E-state index contributed by atoms with van der Waals surface area (Å²) in [6.07, 6.45) is 2.40. The molecule has 17 heavy (non-hydrogen) atoms. The van der Waals surface area contributed by atoms with E-state index in [1.807, 2.05) is 6.92 Å². The van der Waals surface area contributed by atoms with Crippen molar-refractivity contribution in [2.24, 2.45) is 5.73 Å². The first-order valence-corrected chi connectivity index (χ1v) is 7.04. The molecule has 0 bridgehead atoms. The summed E-state index contributed by atoms with van der Waals surface area (Å²) in [5.74, 6) is 0. The van der Waals surface area contributed by atoms with Gasteiger partial charge in [0.2, 0.25) is 0 Å². The maximum absolute atomic E-state index is 6.03. The number of rotatable bonds is 5. The van der Waals surface area contributed by atoms with Crippen molar-refractivity contribution in [3.63, 3.8) is 0 Å². The molecule has 0 saturated carbocycles. The molecule has 0 aliphatic carbocycles. The van der Waals surface area contributed by atoms with E-state index in [0.29, 0.717) is 6.04 Å². The van der Waals surface area contributed by atoms with Crippen molar-refractivity contribution in [3.8, 4) is 0 Å². The molecule has 96 valence electrons. The van der Waals surface area contributed by atoms with Crippen LogP contribution in [0.5, 0.6) is 0 Å². The molecular formula is C14H23BrN2. The van der Waals surface area contributed by atoms with Crippen molar-refractivity contribution in [3.05, 3.63) is 28.2 Å². The van der Waals surface area contributed by atoms with Crippen molar-refractivity contribution in [1.82, 2.24) is 0 Å². The van der Waals surface area contributed by atoms with Gasteiger partial charge in [-0.25, -0.2) is 0 Å². The van der Waals surface area contributed by atoms with Gasteiger partial charge in [-0.1, -0.05) is 35.3 Å². The van der Waals surface area contributed by atoms with Crippen LogP contribution in [0.15, 0.2) is 22.7 Å². The second-order valence-electron chi connectivity index (χ2n) is 4.74. The van der Waals surface area contributed by atoms with E-state index in [-0.39, 0.29) is 6.04 Å². The van der Waals surface area contributed by atoms with Crippen LogP contribution in [-0.2, 0) is 0 Å². The molecular weight excluding hydrogens is 276 g/mol. The molecule has 2 unspecified atom stereocenters. The lowest BCUT2D eigenvalue weighted by atomic mass is 10.0. The van der Waals surface area contributed by atoms with E-state index in [1.54, 1.807) is 0 Å². The van der Waals surface area contributed by atoms with Crippen LogP contribution in [0, 0.1) is 0 Å². The Hall–Kier alpha value is -0.540. The summed E-state index contributed by atoms with van der Waals surface area (Å²) < 4.78 is 1.10. The Morgan fingerprint density at radius 2 is 2.00 bits per heavy atom. The van der Waals surface area contributed by atoms with Crippen LogP contribution in [0.4, 0.5) is 5.69 Å². The largest absolute Gasteiger partial charge is 0.372 e. The molecule has 0 spiro atoms. The van der Waals surface area contributed by atoms with Gasteiger partial charge in [-0.3, -0.25) is 0 Å². The number of halogens is 1. The summed E-state index contributed by atoms with van der Waals surface area (Å²) in [5.41, 5.74) is 8.47. The number of anilines is 1. The summed E-state index contributed by atoms with van der Waals surface area (Å²) >= 11 is 3.53. The highest BCUT2D eigenvalue weighted by Crippen LogP contribution is 2.29. The van der Waals surface area contributed by atoms with Gasteiger partial charge in [0, 0.05) is 29.3 Å². The molecule has 3 heteroatoms. The van der Waals surface area contributed by atoms with Gasteiger partial charge < -0.3 is 10.6 Å².